The van der Waals surface area contributed by atoms with Crippen molar-refractivity contribution in [2.75, 3.05) is 6.26 Å². The normalized spacial score (nSPS) is 11.5. The number of pyridine rings is 1. The van der Waals surface area contributed by atoms with Crippen LogP contribution < -0.4 is 0 Å². The minimum absolute atomic E-state index is 0.0411. The van der Waals surface area contributed by atoms with Gasteiger partial charge in [-0.3, -0.25) is 4.98 Å². The predicted molar refractivity (Wildman–Crippen MR) is 50.5 cm³/mol. The molecule has 66 valence electrons. The van der Waals surface area contributed by atoms with Gasteiger partial charge in [0.2, 0.25) is 0 Å². The zero-order valence-corrected chi connectivity index (χ0v) is 8.89. The SMILES string of the molecule is CS(=O)(=O)Cc1cncc(Br)c1. The molecule has 3 nitrogen and oxygen atoms in total. The van der Waals surface area contributed by atoms with Gasteiger partial charge in [0.25, 0.3) is 0 Å². The Hall–Kier alpha value is -0.420. The first kappa shape index (κ1) is 9.67. The maximum absolute atomic E-state index is 10.9. The Morgan fingerprint density at radius 2 is 2.17 bits per heavy atom. The summed E-state index contributed by atoms with van der Waals surface area (Å²) in [6.45, 7) is 0. The summed E-state index contributed by atoms with van der Waals surface area (Å²) in [4.78, 5) is 3.86. The fraction of sp³-hybridized carbons (Fsp3) is 0.286. The Balaban J connectivity index is 2.91. The summed E-state index contributed by atoms with van der Waals surface area (Å²) in [5, 5.41) is 0. The smallest absolute Gasteiger partial charge is 0.151 e. The lowest BCUT2D eigenvalue weighted by Crippen LogP contribution is -2.00. The summed E-state index contributed by atoms with van der Waals surface area (Å²) >= 11 is 3.21. The molecule has 1 heterocycles. The van der Waals surface area contributed by atoms with Crippen molar-refractivity contribution in [3.63, 3.8) is 0 Å². The molecule has 0 N–H and O–H groups in total. The van der Waals surface area contributed by atoms with Crippen LogP contribution in [0.15, 0.2) is 22.9 Å². The highest BCUT2D eigenvalue weighted by atomic mass is 79.9. The van der Waals surface area contributed by atoms with Crippen molar-refractivity contribution in [1.82, 2.24) is 4.98 Å². The monoisotopic (exact) mass is 249 g/mol. The average molecular weight is 250 g/mol. The molecule has 0 aliphatic heterocycles. The molecule has 1 aromatic heterocycles. The molecule has 5 heteroatoms. The number of halogens is 1. The fourth-order valence-corrected chi connectivity index (χ4v) is 2.01. The van der Waals surface area contributed by atoms with Gasteiger partial charge in [-0.15, -0.1) is 0 Å². The van der Waals surface area contributed by atoms with Gasteiger partial charge in [-0.25, -0.2) is 8.42 Å². The topological polar surface area (TPSA) is 47.0 Å². The predicted octanol–water partition coefficient (Wildman–Crippen LogP) is 1.39. The zero-order chi connectivity index (χ0) is 9.19. The third-order valence-electron chi connectivity index (χ3n) is 1.19. The summed E-state index contributed by atoms with van der Waals surface area (Å²) < 4.78 is 22.5. The number of nitrogens with zero attached hydrogens (tertiary/aromatic N) is 1. The van der Waals surface area contributed by atoms with E-state index in [4.69, 9.17) is 0 Å². The highest BCUT2D eigenvalue weighted by Crippen LogP contribution is 2.11. The molecule has 0 aliphatic carbocycles. The first-order chi connectivity index (χ1) is 5.47. The molecule has 12 heavy (non-hydrogen) atoms. The Bertz CT molecular complexity index is 375. The van der Waals surface area contributed by atoms with Crippen LogP contribution in [0, 0.1) is 0 Å². The second-order valence-corrected chi connectivity index (χ2v) is 5.64. The van der Waals surface area contributed by atoms with Gasteiger partial charge in [0.15, 0.2) is 9.84 Å². The minimum Gasteiger partial charge on any atom is -0.263 e. The molecule has 0 amide bonds. The maximum atomic E-state index is 10.9. The van der Waals surface area contributed by atoms with E-state index >= 15 is 0 Å². The van der Waals surface area contributed by atoms with E-state index in [9.17, 15) is 8.42 Å². The molecule has 0 bridgehead atoms. The second-order valence-electron chi connectivity index (χ2n) is 2.58. The zero-order valence-electron chi connectivity index (χ0n) is 6.49. The van der Waals surface area contributed by atoms with E-state index in [1.165, 1.54) is 6.26 Å². The molecule has 0 aliphatic rings. The summed E-state index contributed by atoms with van der Waals surface area (Å²) in [7, 11) is -2.95. The van der Waals surface area contributed by atoms with Crippen LogP contribution in [0.2, 0.25) is 0 Å². The molecule has 0 atom stereocenters. The van der Waals surface area contributed by atoms with E-state index in [0.29, 0.717) is 5.56 Å². The van der Waals surface area contributed by atoms with Gasteiger partial charge in [0, 0.05) is 23.1 Å². The molecular formula is C7H8BrNO2S. The maximum Gasteiger partial charge on any atom is 0.151 e. The molecule has 1 rings (SSSR count). The first-order valence-corrected chi connectivity index (χ1v) is 6.10. The van der Waals surface area contributed by atoms with Crippen LogP contribution in [-0.4, -0.2) is 19.7 Å². The third-order valence-corrected chi connectivity index (χ3v) is 2.48. The molecule has 0 unspecified atom stereocenters. The van der Waals surface area contributed by atoms with Gasteiger partial charge >= 0.3 is 0 Å². The van der Waals surface area contributed by atoms with E-state index < -0.39 is 9.84 Å². The highest BCUT2D eigenvalue weighted by Gasteiger charge is 2.04. The average Bonchev–Trinajstić information content (AvgIpc) is 1.82. The molecule has 1 aromatic rings. The minimum atomic E-state index is -2.95. The Morgan fingerprint density at radius 3 is 2.67 bits per heavy atom. The standard InChI is InChI=1S/C7H8BrNO2S/c1-12(10,11)5-6-2-7(8)4-9-3-6/h2-4H,5H2,1H3. The van der Waals surface area contributed by atoms with Crippen LogP contribution in [0.5, 0.6) is 0 Å². The van der Waals surface area contributed by atoms with Gasteiger partial charge in [0.1, 0.15) is 0 Å². The summed E-state index contributed by atoms with van der Waals surface area (Å²) in [5.74, 6) is 0.0411. The number of aromatic nitrogens is 1. The van der Waals surface area contributed by atoms with Crippen molar-refractivity contribution in [3.05, 3.63) is 28.5 Å². The van der Waals surface area contributed by atoms with Crippen molar-refractivity contribution < 1.29 is 8.42 Å². The number of hydrogen-bond acceptors (Lipinski definition) is 3. The van der Waals surface area contributed by atoms with Crippen LogP contribution >= 0.6 is 15.9 Å². The van der Waals surface area contributed by atoms with E-state index in [-0.39, 0.29) is 5.75 Å². The van der Waals surface area contributed by atoms with Crippen LogP contribution in [-0.2, 0) is 15.6 Å². The first-order valence-electron chi connectivity index (χ1n) is 3.24. The summed E-state index contributed by atoms with van der Waals surface area (Å²) in [6, 6.07) is 1.74. The van der Waals surface area contributed by atoms with Crippen LogP contribution in [0.25, 0.3) is 0 Å². The van der Waals surface area contributed by atoms with Gasteiger partial charge in [0.05, 0.1) is 5.75 Å². The molecule has 0 spiro atoms. The Kier molecular flexibility index (Phi) is 2.85. The van der Waals surface area contributed by atoms with E-state index in [0.717, 1.165) is 4.47 Å². The molecule has 0 radical (unpaired) electrons. The van der Waals surface area contributed by atoms with Crippen molar-refractivity contribution in [1.29, 1.82) is 0 Å². The molecular weight excluding hydrogens is 242 g/mol. The van der Waals surface area contributed by atoms with Gasteiger partial charge in [-0.2, -0.15) is 0 Å². The third kappa shape index (κ3) is 3.32. The van der Waals surface area contributed by atoms with Gasteiger partial charge in [-0.1, -0.05) is 0 Å². The van der Waals surface area contributed by atoms with Crippen molar-refractivity contribution in [3.8, 4) is 0 Å². The Labute approximate surface area is 79.9 Å². The lowest BCUT2D eigenvalue weighted by atomic mass is 10.3. The van der Waals surface area contributed by atoms with Crippen LogP contribution in [0.1, 0.15) is 5.56 Å². The van der Waals surface area contributed by atoms with Crippen molar-refractivity contribution in [2.45, 2.75) is 5.75 Å². The quantitative estimate of drug-likeness (QED) is 0.796. The van der Waals surface area contributed by atoms with Gasteiger partial charge in [-0.05, 0) is 27.6 Å². The van der Waals surface area contributed by atoms with Crippen molar-refractivity contribution >= 4 is 25.8 Å². The van der Waals surface area contributed by atoms with E-state index in [2.05, 4.69) is 20.9 Å². The highest BCUT2D eigenvalue weighted by molar-refractivity contribution is 9.10. The summed E-state index contributed by atoms with van der Waals surface area (Å²) in [5.41, 5.74) is 0.701. The number of hydrogen-bond donors (Lipinski definition) is 0. The number of sulfone groups is 1. The lowest BCUT2D eigenvalue weighted by Gasteiger charge is -1.98. The number of rotatable bonds is 2. The molecule has 0 saturated carbocycles. The largest absolute Gasteiger partial charge is 0.263 e. The molecule has 0 saturated heterocycles. The molecule has 0 fully saturated rings. The summed E-state index contributed by atoms with van der Waals surface area (Å²) in [6.07, 6.45) is 4.37. The van der Waals surface area contributed by atoms with E-state index in [1.807, 2.05) is 0 Å². The van der Waals surface area contributed by atoms with Crippen LogP contribution in [0.4, 0.5) is 0 Å². The lowest BCUT2D eigenvalue weighted by molar-refractivity contribution is 0.601. The van der Waals surface area contributed by atoms with Crippen LogP contribution in [0.3, 0.4) is 0 Å². The van der Waals surface area contributed by atoms with E-state index in [1.54, 1.807) is 18.5 Å². The van der Waals surface area contributed by atoms with Gasteiger partial charge < -0.3 is 0 Å². The van der Waals surface area contributed by atoms with Crippen molar-refractivity contribution in [2.24, 2.45) is 0 Å². The molecule has 0 aromatic carbocycles. The second kappa shape index (κ2) is 3.53. The Morgan fingerprint density at radius 1 is 1.50 bits per heavy atom. The fourth-order valence-electron chi connectivity index (χ4n) is 0.838.